The van der Waals surface area contributed by atoms with Crippen LogP contribution < -0.4 is 4.74 Å². The minimum Gasteiger partial charge on any atom is -0.496 e. The Balaban J connectivity index is 3.24. The molecule has 74 valence electrons. The van der Waals surface area contributed by atoms with Crippen molar-refractivity contribution in [3.63, 3.8) is 0 Å². The predicted molar refractivity (Wildman–Crippen MR) is 61.0 cm³/mol. The van der Waals surface area contributed by atoms with Gasteiger partial charge in [0.2, 0.25) is 0 Å². The van der Waals surface area contributed by atoms with Crippen molar-refractivity contribution >= 4 is 26.2 Å². The average Bonchev–Trinajstić information content (AvgIpc) is 2.03. The molecule has 0 radical (unpaired) electrons. The van der Waals surface area contributed by atoms with E-state index in [0.29, 0.717) is 0 Å². The van der Waals surface area contributed by atoms with E-state index >= 15 is 0 Å². The molecule has 0 aliphatic carbocycles. The largest absolute Gasteiger partial charge is 0.496 e. The molecule has 0 unspecified atom stereocenters. The molecule has 1 N–H and O–H groups in total. The van der Waals surface area contributed by atoms with Crippen LogP contribution in [0.25, 0.3) is 0 Å². The minimum atomic E-state index is -1.72. The Labute approximate surface area is 88.6 Å². The average molecular weight is 265 g/mol. The topological polar surface area (TPSA) is 29.5 Å². The van der Waals surface area contributed by atoms with Crippen molar-refractivity contribution in [2.24, 2.45) is 0 Å². The van der Waals surface area contributed by atoms with Crippen LogP contribution in [0.3, 0.4) is 0 Å². The van der Waals surface area contributed by atoms with Crippen molar-refractivity contribution in [3.05, 3.63) is 22.7 Å². The van der Waals surface area contributed by atoms with Gasteiger partial charge in [-0.15, -0.1) is 10.3 Å². The van der Waals surface area contributed by atoms with Crippen LogP contribution in [-0.2, 0) is 0 Å². The fraction of sp³-hybridized carbons (Fsp3) is 0.333. The van der Waals surface area contributed by atoms with Crippen molar-refractivity contribution in [2.45, 2.75) is 4.90 Å². The second kappa shape index (κ2) is 3.90. The first-order valence-corrected chi connectivity index (χ1v) is 6.94. The maximum absolute atomic E-state index is 9.91. The van der Waals surface area contributed by atoms with Gasteiger partial charge in [-0.1, -0.05) is 15.9 Å². The van der Waals surface area contributed by atoms with E-state index in [1.165, 1.54) is 0 Å². The van der Waals surface area contributed by atoms with Gasteiger partial charge in [0, 0.05) is 4.47 Å². The molecule has 0 aliphatic heterocycles. The van der Waals surface area contributed by atoms with E-state index < -0.39 is 10.3 Å². The first kappa shape index (κ1) is 10.9. The van der Waals surface area contributed by atoms with E-state index in [1.54, 1.807) is 7.11 Å². The van der Waals surface area contributed by atoms with Gasteiger partial charge >= 0.3 is 0 Å². The summed E-state index contributed by atoms with van der Waals surface area (Å²) >= 11 is 3.36. The third kappa shape index (κ3) is 2.62. The van der Waals surface area contributed by atoms with E-state index in [0.717, 1.165) is 15.1 Å². The number of rotatable bonds is 2. The predicted octanol–water partition coefficient (Wildman–Crippen LogP) is 3.35. The molecule has 0 saturated carbocycles. The SMILES string of the molecule is COc1ccc(Br)cc1S(C)(C)O. The standard InChI is InChI=1S/C9H13BrO2S/c1-12-8-5-4-7(10)6-9(8)13(2,3)11/h4-6,11H,1-3H3. The van der Waals surface area contributed by atoms with Gasteiger partial charge in [0.25, 0.3) is 0 Å². The molecule has 0 heterocycles. The smallest absolute Gasteiger partial charge is 0.132 e. The van der Waals surface area contributed by atoms with E-state index in [9.17, 15) is 4.55 Å². The first-order valence-electron chi connectivity index (χ1n) is 3.74. The summed E-state index contributed by atoms with van der Waals surface area (Å²) in [7, 11) is -0.114. The fourth-order valence-corrected chi connectivity index (χ4v) is 2.61. The van der Waals surface area contributed by atoms with Gasteiger partial charge in [-0.25, -0.2) is 0 Å². The van der Waals surface area contributed by atoms with Crippen LogP contribution in [0.5, 0.6) is 5.75 Å². The fourth-order valence-electron chi connectivity index (χ4n) is 1.04. The Morgan fingerprint density at radius 2 is 2.00 bits per heavy atom. The van der Waals surface area contributed by atoms with Gasteiger partial charge in [-0.05, 0) is 30.7 Å². The summed E-state index contributed by atoms with van der Waals surface area (Å²) in [6.07, 6.45) is 3.63. The molecule has 0 aliphatic rings. The molecule has 0 bridgehead atoms. The maximum Gasteiger partial charge on any atom is 0.132 e. The molecule has 0 aromatic heterocycles. The molecule has 0 amide bonds. The Morgan fingerprint density at radius 1 is 1.38 bits per heavy atom. The molecule has 4 heteroatoms. The zero-order valence-electron chi connectivity index (χ0n) is 7.87. The summed E-state index contributed by atoms with van der Waals surface area (Å²) in [5.41, 5.74) is 0. The molecule has 0 saturated heterocycles. The summed E-state index contributed by atoms with van der Waals surface area (Å²) in [6.45, 7) is 0. The quantitative estimate of drug-likeness (QED) is 0.888. The van der Waals surface area contributed by atoms with Gasteiger partial charge in [-0.2, -0.15) is 0 Å². The molecule has 1 rings (SSSR count). The molecular weight excluding hydrogens is 252 g/mol. The van der Waals surface area contributed by atoms with Crippen LogP contribution in [0.15, 0.2) is 27.6 Å². The third-order valence-electron chi connectivity index (χ3n) is 1.66. The molecule has 1 aromatic carbocycles. The van der Waals surface area contributed by atoms with Crippen molar-refractivity contribution < 1.29 is 9.29 Å². The Morgan fingerprint density at radius 3 is 2.46 bits per heavy atom. The second-order valence-corrected chi connectivity index (χ2v) is 6.97. The van der Waals surface area contributed by atoms with Crippen molar-refractivity contribution in [1.82, 2.24) is 0 Å². The lowest BCUT2D eigenvalue weighted by molar-refractivity contribution is 0.403. The molecule has 0 atom stereocenters. The molecular formula is C9H13BrO2S. The Bertz CT molecular complexity index is 307. The summed E-state index contributed by atoms with van der Waals surface area (Å²) in [6, 6.07) is 5.64. The normalized spacial score (nSPS) is 12.7. The maximum atomic E-state index is 9.91. The lowest BCUT2D eigenvalue weighted by Crippen LogP contribution is -1.97. The number of methoxy groups -OCH3 is 1. The highest BCUT2D eigenvalue weighted by Crippen LogP contribution is 2.50. The number of hydrogen-bond acceptors (Lipinski definition) is 2. The number of halogens is 1. The second-order valence-electron chi connectivity index (χ2n) is 3.07. The molecule has 2 nitrogen and oxygen atoms in total. The monoisotopic (exact) mass is 264 g/mol. The number of benzene rings is 1. The summed E-state index contributed by atoms with van der Waals surface area (Å²) in [5, 5.41) is 0. The highest BCUT2D eigenvalue weighted by molar-refractivity contribution is 9.10. The number of ether oxygens (including phenoxy) is 1. The van der Waals surface area contributed by atoms with Gasteiger partial charge in [0.1, 0.15) is 5.75 Å². The van der Waals surface area contributed by atoms with Gasteiger partial charge in [0.15, 0.2) is 0 Å². The summed E-state index contributed by atoms with van der Waals surface area (Å²) < 4.78 is 16.0. The van der Waals surface area contributed by atoms with E-state index in [4.69, 9.17) is 4.74 Å². The zero-order valence-corrected chi connectivity index (χ0v) is 10.3. The zero-order chi connectivity index (χ0) is 10.1. The first-order chi connectivity index (χ1) is 5.95. The van der Waals surface area contributed by atoms with E-state index in [1.807, 2.05) is 30.7 Å². The third-order valence-corrected chi connectivity index (χ3v) is 3.55. The molecule has 1 aromatic rings. The van der Waals surface area contributed by atoms with Crippen molar-refractivity contribution in [2.75, 3.05) is 19.6 Å². The lowest BCUT2D eigenvalue weighted by atomic mass is 10.3. The van der Waals surface area contributed by atoms with Crippen LogP contribution in [0.1, 0.15) is 0 Å². The van der Waals surface area contributed by atoms with Crippen LogP contribution in [0, 0.1) is 0 Å². The van der Waals surface area contributed by atoms with Crippen LogP contribution in [0.2, 0.25) is 0 Å². The summed E-state index contributed by atoms with van der Waals surface area (Å²) in [5.74, 6) is 0.741. The Hall–Kier alpha value is -0.190. The van der Waals surface area contributed by atoms with Gasteiger partial charge in [-0.3, -0.25) is 0 Å². The highest BCUT2D eigenvalue weighted by Gasteiger charge is 2.15. The van der Waals surface area contributed by atoms with E-state index in [2.05, 4.69) is 15.9 Å². The van der Waals surface area contributed by atoms with E-state index in [-0.39, 0.29) is 0 Å². The highest BCUT2D eigenvalue weighted by atomic mass is 79.9. The van der Waals surface area contributed by atoms with Gasteiger partial charge < -0.3 is 9.29 Å². The Kier molecular flexibility index (Phi) is 3.27. The number of hydrogen-bond donors (Lipinski definition) is 1. The van der Waals surface area contributed by atoms with Crippen LogP contribution in [-0.4, -0.2) is 24.2 Å². The summed E-state index contributed by atoms with van der Waals surface area (Å²) in [4.78, 5) is 0.865. The molecule has 0 spiro atoms. The minimum absolute atomic E-state index is 0.741. The molecule has 13 heavy (non-hydrogen) atoms. The van der Waals surface area contributed by atoms with Crippen molar-refractivity contribution in [1.29, 1.82) is 0 Å². The van der Waals surface area contributed by atoms with Crippen molar-refractivity contribution in [3.8, 4) is 5.75 Å². The lowest BCUT2D eigenvalue weighted by Gasteiger charge is -2.25. The van der Waals surface area contributed by atoms with Crippen LogP contribution in [0.4, 0.5) is 0 Å². The van der Waals surface area contributed by atoms with Gasteiger partial charge in [0.05, 0.1) is 12.0 Å². The molecule has 0 fully saturated rings. The van der Waals surface area contributed by atoms with Crippen LogP contribution >= 0.6 is 26.2 Å².